The van der Waals surface area contributed by atoms with Gasteiger partial charge in [-0.05, 0) is 24.8 Å². The molecule has 1 aliphatic rings. The topological polar surface area (TPSA) is 64.2 Å². The summed E-state index contributed by atoms with van der Waals surface area (Å²) in [6.07, 6.45) is 3.58. The summed E-state index contributed by atoms with van der Waals surface area (Å²) in [6, 6.07) is 2.10. The van der Waals surface area contributed by atoms with E-state index in [9.17, 15) is 0 Å². The zero-order valence-corrected chi connectivity index (χ0v) is 7.57. The molecule has 0 spiro atoms. The van der Waals surface area contributed by atoms with E-state index in [0.29, 0.717) is 12.0 Å². The summed E-state index contributed by atoms with van der Waals surface area (Å²) in [4.78, 5) is 0. The first-order chi connectivity index (χ1) is 6.13. The standard InChI is InChI=1S/C10H13NO2/c1-7-4-8(5-10(12)13)2-3-9(7)6-11/h3-4,8,10,12-13H,2,5H2,1H3. The average molecular weight is 179 g/mol. The highest BCUT2D eigenvalue weighted by molar-refractivity contribution is 5.42. The van der Waals surface area contributed by atoms with Gasteiger partial charge in [-0.3, -0.25) is 0 Å². The van der Waals surface area contributed by atoms with Crippen LogP contribution in [0.5, 0.6) is 0 Å². The molecule has 0 aromatic carbocycles. The van der Waals surface area contributed by atoms with Crippen molar-refractivity contribution in [3.63, 3.8) is 0 Å². The summed E-state index contributed by atoms with van der Waals surface area (Å²) in [5.74, 6) is 0.150. The Bertz CT molecular complexity index is 284. The fraction of sp³-hybridized carbons (Fsp3) is 0.500. The van der Waals surface area contributed by atoms with Gasteiger partial charge in [0.2, 0.25) is 0 Å². The van der Waals surface area contributed by atoms with Crippen molar-refractivity contribution in [1.29, 1.82) is 5.26 Å². The highest BCUT2D eigenvalue weighted by atomic mass is 16.5. The number of aliphatic hydroxyl groups is 2. The first kappa shape index (κ1) is 9.97. The molecule has 0 aromatic rings. The Morgan fingerprint density at radius 2 is 2.38 bits per heavy atom. The molecule has 1 aliphatic carbocycles. The van der Waals surface area contributed by atoms with E-state index in [2.05, 4.69) is 6.07 Å². The summed E-state index contributed by atoms with van der Waals surface area (Å²) in [5.41, 5.74) is 1.63. The molecule has 0 heterocycles. The van der Waals surface area contributed by atoms with E-state index in [1.54, 1.807) is 0 Å². The van der Waals surface area contributed by atoms with Gasteiger partial charge in [-0.15, -0.1) is 0 Å². The van der Waals surface area contributed by atoms with Crippen LogP contribution in [-0.4, -0.2) is 16.5 Å². The van der Waals surface area contributed by atoms with Crippen molar-refractivity contribution in [3.8, 4) is 6.07 Å². The molecule has 1 unspecified atom stereocenters. The summed E-state index contributed by atoms with van der Waals surface area (Å²) in [7, 11) is 0. The van der Waals surface area contributed by atoms with Crippen LogP contribution in [-0.2, 0) is 0 Å². The van der Waals surface area contributed by atoms with Gasteiger partial charge < -0.3 is 10.2 Å². The zero-order valence-electron chi connectivity index (χ0n) is 7.57. The normalized spacial score (nSPS) is 22.2. The molecular formula is C10H13NO2. The molecule has 0 bridgehead atoms. The Morgan fingerprint density at radius 1 is 1.69 bits per heavy atom. The maximum atomic E-state index is 8.75. The lowest BCUT2D eigenvalue weighted by atomic mass is 9.90. The quantitative estimate of drug-likeness (QED) is 0.624. The second-order valence-corrected chi connectivity index (χ2v) is 3.29. The molecule has 0 amide bonds. The fourth-order valence-corrected chi connectivity index (χ4v) is 1.51. The molecule has 3 heteroatoms. The number of hydrogen-bond acceptors (Lipinski definition) is 3. The van der Waals surface area contributed by atoms with Gasteiger partial charge in [0.15, 0.2) is 6.29 Å². The van der Waals surface area contributed by atoms with Gasteiger partial charge in [-0.25, -0.2) is 0 Å². The zero-order chi connectivity index (χ0) is 9.84. The van der Waals surface area contributed by atoms with Crippen LogP contribution in [0.25, 0.3) is 0 Å². The van der Waals surface area contributed by atoms with Gasteiger partial charge in [0.25, 0.3) is 0 Å². The molecule has 0 saturated heterocycles. The number of rotatable bonds is 2. The van der Waals surface area contributed by atoms with Gasteiger partial charge in [0.1, 0.15) is 0 Å². The molecule has 13 heavy (non-hydrogen) atoms. The molecule has 0 saturated carbocycles. The Hall–Kier alpha value is -1.11. The smallest absolute Gasteiger partial charge is 0.152 e. The Balaban J connectivity index is 2.62. The van der Waals surface area contributed by atoms with E-state index < -0.39 is 6.29 Å². The first-order valence-corrected chi connectivity index (χ1v) is 4.28. The minimum Gasteiger partial charge on any atom is -0.368 e. The Labute approximate surface area is 77.6 Å². The van der Waals surface area contributed by atoms with Crippen molar-refractivity contribution >= 4 is 0 Å². The fourth-order valence-electron chi connectivity index (χ4n) is 1.51. The van der Waals surface area contributed by atoms with Crippen molar-refractivity contribution < 1.29 is 10.2 Å². The third kappa shape index (κ3) is 2.69. The van der Waals surface area contributed by atoms with Gasteiger partial charge >= 0.3 is 0 Å². The highest BCUT2D eigenvalue weighted by Crippen LogP contribution is 2.24. The highest BCUT2D eigenvalue weighted by Gasteiger charge is 2.14. The van der Waals surface area contributed by atoms with E-state index in [1.807, 2.05) is 19.1 Å². The van der Waals surface area contributed by atoms with Crippen molar-refractivity contribution in [2.75, 3.05) is 0 Å². The van der Waals surface area contributed by atoms with Crippen molar-refractivity contribution in [2.24, 2.45) is 5.92 Å². The number of hydrogen-bond donors (Lipinski definition) is 2. The predicted octanol–water partition coefficient (Wildman–Crippen LogP) is 1.10. The van der Waals surface area contributed by atoms with Crippen LogP contribution in [0.1, 0.15) is 19.8 Å². The molecule has 0 radical (unpaired) electrons. The molecule has 0 fully saturated rings. The SMILES string of the molecule is CC1=CC(CC(O)O)CC=C1C#N. The van der Waals surface area contributed by atoms with Crippen molar-refractivity contribution in [3.05, 3.63) is 23.3 Å². The van der Waals surface area contributed by atoms with E-state index in [0.717, 1.165) is 12.0 Å². The minimum absolute atomic E-state index is 0.150. The third-order valence-corrected chi connectivity index (χ3v) is 2.17. The molecule has 3 nitrogen and oxygen atoms in total. The Morgan fingerprint density at radius 3 is 2.85 bits per heavy atom. The summed E-state index contributed by atoms with van der Waals surface area (Å²) in [6.45, 7) is 1.87. The maximum Gasteiger partial charge on any atom is 0.152 e. The van der Waals surface area contributed by atoms with E-state index >= 15 is 0 Å². The van der Waals surface area contributed by atoms with Crippen LogP contribution in [0, 0.1) is 17.2 Å². The van der Waals surface area contributed by atoms with Gasteiger partial charge in [0.05, 0.1) is 11.6 Å². The number of aliphatic hydroxyl groups excluding tert-OH is 1. The van der Waals surface area contributed by atoms with Crippen LogP contribution in [0.4, 0.5) is 0 Å². The molecule has 70 valence electrons. The van der Waals surface area contributed by atoms with Crippen LogP contribution < -0.4 is 0 Å². The monoisotopic (exact) mass is 179 g/mol. The molecule has 0 aliphatic heterocycles. The van der Waals surface area contributed by atoms with Crippen LogP contribution >= 0.6 is 0 Å². The average Bonchev–Trinajstić information content (AvgIpc) is 2.03. The van der Waals surface area contributed by atoms with Gasteiger partial charge in [0, 0.05) is 6.42 Å². The van der Waals surface area contributed by atoms with Crippen molar-refractivity contribution in [2.45, 2.75) is 26.1 Å². The molecule has 2 N–H and O–H groups in total. The number of nitrogens with zero attached hydrogens (tertiary/aromatic N) is 1. The van der Waals surface area contributed by atoms with Crippen LogP contribution in [0.15, 0.2) is 23.3 Å². The second kappa shape index (κ2) is 4.22. The lowest BCUT2D eigenvalue weighted by Gasteiger charge is -2.17. The predicted molar refractivity (Wildman–Crippen MR) is 48.4 cm³/mol. The molecule has 1 atom stereocenters. The maximum absolute atomic E-state index is 8.75. The Kier molecular flexibility index (Phi) is 3.24. The molecular weight excluding hydrogens is 166 g/mol. The van der Waals surface area contributed by atoms with Gasteiger partial charge in [-0.2, -0.15) is 5.26 Å². The molecule has 1 rings (SSSR count). The summed E-state index contributed by atoms with van der Waals surface area (Å²) in [5, 5.41) is 26.2. The lowest BCUT2D eigenvalue weighted by Crippen LogP contribution is -2.12. The minimum atomic E-state index is -1.26. The molecule has 0 aromatic heterocycles. The van der Waals surface area contributed by atoms with E-state index in [-0.39, 0.29) is 5.92 Å². The number of allylic oxidation sites excluding steroid dienone is 4. The van der Waals surface area contributed by atoms with E-state index in [4.69, 9.17) is 15.5 Å². The van der Waals surface area contributed by atoms with Crippen LogP contribution in [0.3, 0.4) is 0 Å². The van der Waals surface area contributed by atoms with Crippen molar-refractivity contribution in [1.82, 2.24) is 0 Å². The van der Waals surface area contributed by atoms with E-state index in [1.165, 1.54) is 0 Å². The second-order valence-electron chi connectivity index (χ2n) is 3.29. The number of nitriles is 1. The third-order valence-electron chi connectivity index (χ3n) is 2.17. The lowest BCUT2D eigenvalue weighted by molar-refractivity contribution is -0.0521. The summed E-state index contributed by atoms with van der Waals surface area (Å²) >= 11 is 0. The van der Waals surface area contributed by atoms with Crippen LogP contribution in [0.2, 0.25) is 0 Å². The summed E-state index contributed by atoms with van der Waals surface area (Å²) < 4.78 is 0. The first-order valence-electron chi connectivity index (χ1n) is 4.28. The van der Waals surface area contributed by atoms with Gasteiger partial charge in [-0.1, -0.05) is 12.2 Å². The largest absolute Gasteiger partial charge is 0.368 e.